The molecule has 1 N–H and O–H groups in total. The van der Waals surface area contributed by atoms with Crippen LogP contribution in [0.15, 0.2) is 18.2 Å². The van der Waals surface area contributed by atoms with Gasteiger partial charge in [0.05, 0.1) is 14.2 Å². The normalized spacial score (nSPS) is 24.4. The second kappa shape index (κ2) is 4.74. The number of methoxy groups -OCH3 is 2. The average Bonchev–Trinajstić information content (AvgIpc) is 2.74. The Balaban J connectivity index is 2.32. The van der Waals surface area contributed by atoms with E-state index < -0.39 is 0 Å². The first-order valence-electron chi connectivity index (χ1n) is 5.70. The molecule has 0 spiro atoms. The van der Waals surface area contributed by atoms with Gasteiger partial charge in [-0.15, -0.1) is 0 Å². The molecular weight excluding hydrogens is 202 g/mol. The van der Waals surface area contributed by atoms with Crippen molar-refractivity contribution in [2.24, 2.45) is 0 Å². The van der Waals surface area contributed by atoms with E-state index in [9.17, 15) is 0 Å². The summed E-state index contributed by atoms with van der Waals surface area (Å²) in [6, 6.07) is 6.68. The zero-order valence-corrected chi connectivity index (χ0v) is 10.1. The Hall–Kier alpha value is -1.22. The lowest BCUT2D eigenvalue weighted by atomic mass is 9.95. The van der Waals surface area contributed by atoms with Gasteiger partial charge in [-0.2, -0.15) is 0 Å². The van der Waals surface area contributed by atoms with E-state index in [-0.39, 0.29) is 0 Å². The SMILES string of the molecule is COc1cccc(C2CNC(C)C2)c1OC. The zero-order valence-electron chi connectivity index (χ0n) is 10.1. The number of para-hydroxylation sites is 1. The second-order valence-corrected chi connectivity index (χ2v) is 4.32. The van der Waals surface area contributed by atoms with Crippen LogP contribution in [0.25, 0.3) is 0 Å². The summed E-state index contributed by atoms with van der Waals surface area (Å²) in [5.41, 5.74) is 1.25. The van der Waals surface area contributed by atoms with Crippen LogP contribution in [-0.2, 0) is 0 Å². The summed E-state index contributed by atoms with van der Waals surface area (Å²) >= 11 is 0. The topological polar surface area (TPSA) is 30.5 Å². The molecule has 0 saturated carbocycles. The fraction of sp³-hybridized carbons (Fsp3) is 0.538. The number of benzene rings is 1. The Bertz CT molecular complexity index is 365. The molecular formula is C13H19NO2. The molecule has 88 valence electrons. The molecule has 1 saturated heterocycles. The molecule has 0 amide bonds. The van der Waals surface area contributed by atoms with Crippen LogP contribution in [0.1, 0.15) is 24.8 Å². The van der Waals surface area contributed by atoms with Gasteiger partial charge in [-0.25, -0.2) is 0 Å². The monoisotopic (exact) mass is 221 g/mol. The Morgan fingerprint density at radius 1 is 1.25 bits per heavy atom. The molecule has 0 aliphatic carbocycles. The minimum absolute atomic E-state index is 0.528. The molecule has 0 bridgehead atoms. The van der Waals surface area contributed by atoms with Crippen LogP contribution in [0.3, 0.4) is 0 Å². The molecule has 1 aromatic rings. The van der Waals surface area contributed by atoms with Crippen LogP contribution in [-0.4, -0.2) is 26.8 Å². The highest BCUT2D eigenvalue weighted by Gasteiger charge is 2.25. The van der Waals surface area contributed by atoms with Crippen LogP contribution in [0.4, 0.5) is 0 Å². The predicted octanol–water partition coefficient (Wildman–Crippen LogP) is 2.17. The van der Waals surface area contributed by atoms with Crippen molar-refractivity contribution in [1.82, 2.24) is 5.32 Å². The molecule has 1 fully saturated rings. The Morgan fingerprint density at radius 2 is 2.06 bits per heavy atom. The molecule has 2 rings (SSSR count). The third-order valence-electron chi connectivity index (χ3n) is 3.22. The lowest BCUT2D eigenvalue weighted by molar-refractivity contribution is 0.349. The maximum absolute atomic E-state index is 5.46. The van der Waals surface area contributed by atoms with E-state index in [1.807, 2.05) is 12.1 Å². The Kier molecular flexibility index (Phi) is 3.34. The van der Waals surface area contributed by atoms with Crippen LogP contribution in [0.2, 0.25) is 0 Å². The first-order valence-corrected chi connectivity index (χ1v) is 5.70. The number of nitrogens with one attached hydrogen (secondary N) is 1. The van der Waals surface area contributed by atoms with E-state index in [4.69, 9.17) is 9.47 Å². The Labute approximate surface area is 96.8 Å². The van der Waals surface area contributed by atoms with Crippen molar-refractivity contribution in [1.29, 1.82) is 0 Å². The third kappa shape index (κ3) is 2.00. The molecule has 3 nitrogen and oxygen atoms in total. The van der Waals surface area contributed by atoms with E-state index in [0.717, 1.165) is 24.5 Å². The van der Waals surface area contributed by atoms with E-state index in [0.29, 0.717) is 12.0 Å². The quantitative estimate of drug-likeness (QED) is 0.848. The number of hydrogen-bond donors (Lipinski definition) is 1. The number of rotatable bonds is 3. The molecule has 1 aliphatic rings. The smallest absolute Gasteiger partial charge is 0.164 e. The van der Waals surface area contributed by atoms with E-state index >= 15 is 0 Å². The summed E-state index contributed by atoms with van der Waals surface area (Å²) < 4.78 is 10.8. The summed E-state index contributed by atoms with van der Waals surface area (Å²) in [5, 5.41) is 3.46. The van der Waals surface area contributed by atoms with Crippen molar-refractivity contribution in [3.8, 4) is 11.5 Å². The van der Waals surface area contributed by atoms with Gasteiger partial charge >= 0.3 is 0 Å². The maximum Gasteiger partial charge on any atom is 0.164 e. The van der Waals surface area contributed by atoms with Crippen molar-refractivity contribution >= 4 is 0 Å². The van der Waals surface area contributed by atoms with Crippen molar-refractivity contribution in [3.05, 3.63) is 23.8 Å². The molecule has 3 heteroatoms. The molecule has 2 unspecified atom stereocenters. The largest absolute Gasteiger partial charge is 0.493 e. The molecule has 1 aliphatic heterocycles. The van der Waals surface area contributed by atoms with Gasteiger partial charge < -0.3 is 14.8 Å². The lowest BCUT2D eigenvalue weighted by Crippen LogP contribution is -2.16. The van der Waals surface area contributed by atoms with Gasteiger partial charge in [-0.05, 0) is 19.4 Å². The Morgan fingerprint density at radius 3 is 2.62 bits per heavy atom. The fourth-order valence-corrected chi connectivity index (χ4v) is 2.41. The second-order valence-electron chi connectivity index (χ2n) is 4.32. The van der Waals surface area contributed by atoms with E-state index in [1.165, 1.54) is 5.56 Å². The highest BCUT2D eigenvalue weighted by molar-refractivity contribution is 5.48. The van der Waals surface area contributed by atoms with Crippen LogP contribution in [0, 0.1) is 0 Å². The summed E-state index contributed by atoms with van der Waals surface area (Å²) in [7, 11) is 3.38. The van der Waals surface area contributed by atoms with Gasteiger partial charge in [0.2, 0.25) is 0 Å². The number of ether oxygens (including phenoxy) is 2. The zero-order chi connectivity index (χ0) is 11.5. The lowest BCUT2D eigenvalue weighted by Gasteiger charge is -2.16. The fourth-order valence-electron chi connectivity index (χ4n) is 2.41. The summed E-state index contributed by atoms with van der Waals surface area (Å²) in [6.07, 6.45) is 1.16. The van der Waals surface area contributed by atoms with E-state index in [1.54, 1.807) is 14.2 Å². The molecule has 0 radical (unpaired) electrons. The standard InChI is InChI=1S/C13H19NO2/c1-9-7-10(8-14-9)11-5-4-6-12(15-2)13(11)16-3/h4-6,9-10,14H,7-8H2,1-3H3. The average molecular weight is 221 g/mol. The highest BCUT2D eigenvalue weighted by Crippen LogP contribution is 2.38. The first-order chi connectivity index (χ1) is 7.76. The van der Waals surface area contributed by atoms with Gasteiger partial charge in [0.1, 0.15) is 0 Å². The van der Waals surface area contributed by atoms with Gasteiger partial charge in [-0.3, -0.25) is 0 Å². The van der Waals surface area contributed by atoms with Crippen molar-refractivity contribution < 1.29 is 9.47 Å². The van der Waals surface area contributed by atoms with Crippen LogP contribution < -0.4 is 14.8 Å². The predicted molar refractivity (Wildman–Crippen MR) is 64.4 cm³/mol. The van der Waals surface area contributed by atoms with Crippen LogP contribution in [0.5, 0.6) is 11.5 Å². The summed E-state index contributed by atoms with van der Waals surface area (Å²) in [5.74, 6) is 2.23. The first kappa shape index (κ1) is 11.3. The summed E-state index contributed by atoms with van der Waals surface area (Å²) in [4.78, 5) is 0. The molecule has 1 aromatic carbocycles. The summed E-state index contributed by atoms with van der Waals surface area (Å²) in [6.45, 7) is 3.23. The van der Waals surface area contributed by atoms with Gasteiger partial charge in [0, 0.05) is 24.1 Å². The minimum Gasteiger partial charge on any atom is -0.493 e. The van der Waals surface area contributed by atoms with Crippen molar-refractivity contribution in [2.45, 2.75) is 25.3 Å². The van der Waals surface area contributed by atoms with Crippen LogP contribution >= 0.6 is 0 Å². The molecule has 2 atom stereocenters. The van der Waals surface area contributed by atoms with E-state index in [2.05, 4.69) is 18.3 Å². The maximum atomic E-state index is 5.46. The third-order valence-corrected chi connectivity index (χ3v) is 3.22. The van der Waals surface area contributed by atoms with Crippen molar-refractivity contribution in [2.75, 3.05) is 20.8 Å². The highest BCUT2D eigenvalue weighted by atomic mass is 16.5. The number of hydrogen-bond acceptors (Lipinski definition) is 3. The molecule has 16 heavy (non-hydrogen) atoms. The molecule has 1 heterocycles. The minimum atomic E-state index is 0.528. The molecule has 0 aromatic heterocycles. The van der Waals surface area contributed by atoms with Gasteiger partial charge in [0.25, 0.3) is 0 Å². The van der Waals surface area contributed by atoms with Crippen molar-refractivity contribution in [3.63, 3.8) is 0 Å². The van der Waals surface area contributed by atoms with Gasteiger partial charge in [-0.1, -0.05) is 12.1 Å². The van der Waals surface area contributed by atoms with Gasteiger partial charge in [0.15, 0.2) is 11.5 Å².